The fourth-order valence-corrected chi connectivity index (χ4v) is 2.09. The molecule has 0 aromatic heterocycles. The third kappa shape index (κ3) is 1.54. The van der Waals surface area contributed by atoms with Crippen LogP contribution in [0.4, 0.5) is 4.79 Å². The van der Waals surface area contributed by atoms with E-state index in [0.717, 1.165) is 17.7 Å². The van der Waals surface area contributed by atoms with Gasteiger partial charge in [0.1, 0.15) is 5.54 Å². The van der Waals surface area contributed by atoms with Gasteiger partial charge in [-0.25, -0.2) is 9.59 Å². The Bertz CT molecular complexity index is 266. The average molecular weight is 201 g/mol. The van der Waals surface area contributed by atoms with Gasteiger partial charge in [-0.05, 0) is 33.1 Å². The van der Waals surface area contributed by atoms with Crippen molar-refractivity contribution in [3.63, 3.8) is 0 Å². The van der Waals surface area contributed by atoms with Gasteiger partial charge in [0.15, 0.2) is 0 Å². The summed E-state index contributed by atoms with van der Waals surface area (Å²) in [4.78, 5) is 23.0. The van der Waals surface area contributed by atoms with Gasteiger partial charge >= 0.3 is 12.1 Å². The molecule has 1 fully saturated rings. The number of likely N-dealkylation sites (tertiary alicyclic amines) is 1. The first kappa shape index (κ1) is 10.8. The van der Waals surface area contributed by atoms with Crippen LogP contribution in [0.25, 0.3) is 0 Å². The maximum absolute atomic E-state index is 11.0. The van der Waals surface area contributed by atoms with Gasteiger partial charge in [-0.15, -0.1) is 0 Å². The predicted octanol–water partition coefficient (Wildman–Crippen LogP) is 1.38. The summed E-state index contributed by atoms with van der Waals surface area (Å²) in [6.45, 7) is 3.22. The summed E-state index contributed by atoms with van der Waals surface area (Å²) >= 11 is 0. The fourth-order valence-electron chi connectivity index (χ4n) is 2.09. The van der Waals surface area contributed by atoms with E-state index >= 15 is 0 Å². The number of hydrogen-bond acceptors (Lipinski definition) is 2. The lowest BCUT2D eigenvalue weighted by Gasteiger charge is -2.43. The first-order valence-corrected chi connectivity index (χ1v) is 4.65. The van der Waals surface area contributed by atoms with Crippen LogP contribution < -0.4 is 0 Å². The third-order valence-electron chi connectivity index (χ3n) is 2.92. The Morgan fingerprint density at radius 3 is 2.36 bits per heavy atom. The molecular formula is C9H15NO4. The highest BCUT2D eigenvalue weighted by atomic mass is 16.4. The summed E-state index contributed by atoms with van der Waals surface area (Å²) < 4.78 is 0. The van der Waals surface area contributed by atoms with Crippen LogP contribution in [0.1, 0.15) is 33.1 Å². The predicted molar refractivity (Wildman–Crippen MR) is 49.2 cm³/mol. The summed E-state index contributed by atoms with van der Waals surface area (Å²) in [5.74, 6) is -1.06. The van der Waals surface area contributed by atoms with Gasteiger partial charge in [-0.3, -0.25) is 4.90 Å². The summed E-state index contributed by atoms with van der Waals surface area (Å²) in [5, 5.41) is 18.0. The van der Waals surface area contributed by atoms with Crippen LogP contribution in [0, 0.1) is 0 Å². The van der Waals surface area contributed by atoms with Crippen molar-refractivity contribution in [3.8, 4) is 0 Å². The second kappa shape index (κ2) is 3.48. The molecule has 5 nitrogen and oxygen atoms in total. The number of carbonyl (C=O) groups is 2. The second-order valence-corrected chi connectivity index (χ2v) is 3.97. The van der Waals surface area contributed by atoms with Crippen LogP contribution in [-0.4, -0.2) is 38.8 Å². The number of carboxylic acids is 1. The van der Waals surface area contributed by atoms with Gasteiger partial charge in [0.2, 0.25) is 0 Å². The van der Waals surface area contributed by atoms with E-state index in [1.54, 1.807) is 6.92 Å². The normalized spacial score (nSPS) is 32.7. The van der Waals surface area contributed by atoms with Gasteiger partial charge < -0.3 is 10.2 Å². The molecule has 80 valence electrons. The van der Waals surface area contributed by atoms with Gasteiger partial charge in [0, 0.05) is 6.04 Å². The van der Waals surface area contributed by atoms with E-state index in [1.165, 1.54) is 6.92 Å². The molecule has 2 atom stereocenters. The molecule has 2 unspecified atom stereocenters. The molecule has 0 aromatic rings. The summed E-state index contributed by atoms with van der Waals surface area (Å²) in [5.41, 5.74) is -1.26. The van der Waals surface area contributed by atoms with Crippen LogP contribution in [0.3, 0.4) is 0 Å². The number of rotatable bonds is 1. The Morgan fingerprint density at radius 1 is 1.43 bits per heavy atom. The highest BCUT2D eigenvalue weighted by Crippen LogP contribution is 2.32. The van der Waals surface area contributed by atoms with E-state index in [-0.39, 0.29) is 6.04 Å². The zero-order valence-corrected chi connectivity index (χ0v) is 8.36. The Morgan fingerprint density at radius 2 is 2.00 bits per heavy atom. The molecule has 0 aromatic carbocycles. The van der Waals surface area contributed by atoms with E-state index in [0.29, 0.717) is 6.42 Å². The molecule has 2 N–H and O–H groups in total. The largest absolute Gasteiger partial charge is 0.480 e. The van der Waals surface area contributed by atoms with Crippen LogP contribution in [-0.2, 0) is 4.79 Å². The first-order chi connectivity index (χ1) is 6.39. The smallest absolute Gasteiger partial charge is 0.408 e. The molecule has 0 radical (unpaired) electrons. The molecule has 0 aliphatic carbocycles. The standard InChI is InChI=1S/C9H15NO4/c1-6-4-3-5-9(2,7(11)12)10(6)8(13)14/h6H,3-5H2,1-2H3,(H,11,12)(H,13,14). The van der Waals surface area contributed by atoms with Crippen LogP contribution in [0.2, 0.25) is 0 Å². The van der Waals surface area contributed by atoms with Crippen molar-refractivity contribution >= 4 is 12.1 Å². The molecule has 1 rings (SSSR count). The second-order valence-electron chi connectivity index (χ2n) is 3.97. The molecule has 5 heteroatoms. The van der Waals surface area contributed by atoms with E-state index in [2.05, 4.69) is 0 Å². The molecule has 0 bridgehead atoms. The van der Waals surface area contributed by atoms with Gasteiger partial charge in [-0.1, -0.05) is 0 Å². The Hall–Kier alpha value is -1.26. The molecule has 1 saturated heterocycles. The Kier molecular flexibility index (Phi) is 2.69. The van der Waals surface area contributed by atoms with E-state index in [9.17, 15) is 9.59 Å². The number of hydrogen-bond donors (Lipinski definition) is 2. The first-order valence-electron chi connectivity index (χ1n) is 4.65. The van der Waals surface area contributed by atoms with Crippen molar-refractivity contribution in [2.24, 2.45) is 0 Å². The highest BCUT2D eigenvalue weighted by Gasteiger charge is 2.46. The monoisotopic (exact) mass is 201 g/mol. The van der Waals surface area contributed by atoms with Crippen molar-refractivity contribution in [2.45, 2.75) is 44.7 Å². The van der Waals surface area contributed by atoms with Crippen molar-refractivity contribution in [1.82, 2.24) is 4.90 Å². The lowest BCUT2D eigenvalue weighted by atomic mass is 9.85. The molecule has 1 heterocycles. The molecule has 14 heavy (non-hydrogen) atoms. The Balaban J connectivity index is 3.01. The average Bonchev–Trinajstić information content (AvgIpc) is 2.02. The minimum absolute atomic E-state index is 0.220. The maximum Gasteiger partial charge on any atom is 0.408 e. The summed E-state index contributed by atoms with van der Waals surface area (Å²) in [6, 6.07) is -0.220. The summed E-state index contributed by atoms with van der Waals surface area (Å²) in [7, 11) is 0. The number of piperidine rings is 1. The quantitative estimate of drug-likeness (QED) is 0.671. The lowest BCUT2D eigenvalue weighted by molar-refractivity contribution is -0.153. The molecule has 0 spiro atoms. The number of amides is 1. The summed E-state index contributed by atoms with van der Waals surface area (Å²) in [6.07, 6.45) is 0.726. The van der Waals surface area contributed by atoms with Crippen molar-refractivity contribution in [2.75, 3.05) is 0 Å². The van der Waals surface area contributed by atoms with Crippen molar-refractivity contribution in [1.29, 1.82) is 0 Å². The zero-order chi connectivity index (χ0) is 10.9. The molecule has 1 aliphatic heterocycles. The molecule has 1 aliphatic rings. The van der Waals surface area contributed by atoms with Crippen LogP contribution >= 0.6 is 0 Å². The minimum atomic E-state index is -1.26. The lowest BCUT2D eigenvalue weighted by Crippen LogP contribution is -2.60. The fraction of sp³-hybridized carbons (Fsp3) is 0.778. The van der Waals surface area contributed by atoms with E-state index < -0.39 is 17.6 Å². The number of aliphatic carboxylic acids is 1. The maximum atomic E-state index is 11.0. The Labute approximate surface area is 82.3 Å². The highest BCUT2D eigenvalue weighted by molar-refractivity contribution is 5.83. The van der Waals surface area contributed by atoms with E-state index in [1.807, 2.05) is 0 Å². The van der Waals surface area contributed by atoms with Crippen LogP contribution in [0.5, 0.6) is 0 Å². The minimum Gasteiger partial charge on any atom is -0.480 e. The third-order valence-corrected chi connectivity index (χ3v) is 2.92. The van der Waals surface area contributed by atoms with Gasteiger partial charge in [0.25, 0.3) is 0 Å². The topological polar surface area (TPSA) is 77.8 Å². The number of nitrogens with zero attached hydrogens (tertiary/aromatic N) is 1. The van der Waals surface area contributed by atoms with Crippen molar-refractivity contribution in [3.05, 3.63) is 0 Å². The van der Waals surface area contributed by atoms with Crippen LogP contribution in [0.15, 0.2) is 0 Å². The molecular weight excluding hydrogens is 186 g/mol. The molecule has 1 amide bonds. The zero-order valence-electron chi connectivity index (χ0n) is 8.36. The number of carboxylic acid groups (broad SMARTS) is 2. The SMILES string of the molecule is CC1CCCC(C)(C(=O)O)N1C(=O)O. The van der Waals surface area contributed by atoms with E-state index in [4.69, 9.17) is 10.2 Å². The van der Waals surface area contributed by atoms with Gasteiger partial charge in [-0.2, -0.15) is 0 Å². The molecule has 0 saturated carbocycles. The van der Waals surface area contributed by atoms with Gasteiger partial charge in [0.05, 0.1) is 0 Å². The van der Waals surface area contributed by atoms with Crippen molar-refractivity contribution < 1.29 is 19.8 Å².